The molecule has 1 amide bonds. The van der Waals surface area contributed by atoms with E-state index in [1.165, 1.54) is 25.7 Å². The van der Waals surface area contributed by atoms with Crippen LogP contribution in [0.4, 0.5) is 0 Å². The first-order valence-electron chi connectivity index (χ1n) is 8.43. The number of rotatable bonds is 4. The predicted molar refractivity (Wildman–Crippen MR) is 87.5 cm³/mol. The maximum Gasteiger partial charge on any atom is 0.231 e. The van der Waals surface area contributed by atoms with Gasteiger partial charge in [0.15, 0.2) is 5.82 Å². The van der Waals surface area contributed by atoms with Crippen LogP contribution in [-0.2, 0) is 11.2 Å². The van der Waals surface area contributed by atoms with Gasteiger partial charge in [-0.25, -0.2) is 0 Å². The predicted octanol–water partition coefficient (Wildman–Crippen LogP) is 3.35. The van der Waals surface area contributed by atoms with E-state index in [0.29, 0.717) is 18.9 Å². The summed E-state index contributed by atoms with van der Waals surface area (Å²) in [7, 11) is 0. The minimum atomic E-state index is 0.199. The van der Waals surface area contributed by atoms with E-state index in [-0.39, 0.29) is 11.8 Å². The summed E-state index contributed by atoms with van der Waals surface area (Å²) in [6.45, 7) is 1.49. The monoisotopic (exact) mass is 331 g/mol. The minimum Gasteiger partial charge on any atom is -0.342 e. The van der Waals surface area contributed by atoms with Gasteiger partial charge in [0.25, 0.3) is 0 Å². The number of carbonyl (C=O) groups excluding carboxylic acids is 1. The number of likely N-dealkylation sites (tertiary alicyclic amines) is 1. The van der Waals surface area contributed by atoms with E-state index >= 15 is 0 Å². The highest BCUT2D eigenvalue weighted by Crippen LogP contribution is 2.34. The van der Waals surface area contributed by atoms with Crippen molar-refractivity contribution < 1.29 is 9.32 Å². The Bertz CT molecular complexity index is 661. The molecule has 4 rings (SSSR count). The van der Waals surface area contributed by atoms with Crippen molar-refractivity contribution >= 4 is 17.2 Å². The Labute approximate surface area is 139 Å². The number of aromatic nitrogens is 2. The fourth-order valence-electron chi connectivity index (χ4n) is 3.63. The summed E-state index contributed by atoms with van der Waals surface area (Å²) in [6.07, 6.45) is 6.31. The van der Waals surface area contributed by atoms with Crippen LogP contribution in [0, 0.1) is 0 Å². The van der Waals surface area contributed by atoms with Crippen molar-refractivity contribution in [2.24, 2.45) is 0 Å². The molecule has 0 N–H and O–H groups in total. The zero-order valence-electron chi connectivity index (χ0n) is 13.1. The van der Waals surface area contributed by atoms with Crippen LogP contribution in [0.2, 0.25) is 0 Å². The topological polar surface area (TPSA) is 59.2 Å². The van der Waals surface area contributed by atoms with Gasteiger partial charge in [0, 0.05) is 23.9 Å². The number of hydrogen-bond acceptors (Lipinski definition) is 5. The number of carbonyl (C=O) groups is 1. The van der Waals surface area contributed by atoms with Crippen molar-refractivity contribution in [3.8, 4) is 0 Å². The number of amides is 1. The van der Waals surface area contributed by atoms with Gasteiger partial charge in [-0.2, -0.15) is 4.98 Å². The average Bonchev–Trinajstić information content (AvgIpc) is 3.30. The Balaban J connectivity index is 1.37. The molecule has 23 heavy (non-hydrogen) atoms. The van der Waals surface area contributed by atoms with Gasteiger partial charge in [0.2, 0.25) is 11.8 Å². The second kappa shape index (κ2) is 6.43. The molecule has 1 saturated carbocycles. The van der Waals surface area contributed by atoms with Crippen LogP contribution < -0.4 is 0 Å². The third kappa shape index (κ3) is 3.17. The van der Waals surface area contributed by atoms with Crippen molar-refractivity contribution in [1.29, 1.82) is 0 Å². The molecule has 2 aromatic rings. The van der Waals surface area contributed by atoms with Gasteiger partial charge in [0.1, 0.15) is 0 Å². The summed E-state index contributed by atoms with van der Waals surface area (Å²) >= 11 is 1.64. The highest BCUT2D eigenvalue weighted by Gasteiger charge is 2.32. The SMILES string of the molecule is O=C(Cc1cccs1)N1CCC(c2nc(C3CCCC3)no2)C1. The summed E-state index contributed by atoms with van der Waals surface area (Å²) < 4.78 is 5.50. The maximum absolute atomic E-state index is 12.4. The molecule has 1 aliphatic carbocycles. The zero-order chi connectivity index (χ0) is 15.6. The van der Waals surface area contributed by atoms with Gasteiger partial charge < -0.3 is 9.42 Å². The minimum absolute atomic E-state index is 0.199. The molecule has 1 atom stereocenters. The molecule has 0 radical (unpaired) electrons. The summed E-state index contributed by atoms with van der Waals surface area (Å²) in [5.74, 6) is 2.47. The molecule has 2 aromatic heterocycles. The van der Waals surface area contributed by atoms with E-state index in [9.17, 15) is 4.79 Å². The van der Waals surface area contributed by atoms with Gasteiger partial charge in [-0.1, -0.05) is 24.1 Å². The second-order valence-electron chi connectivity index (χ2n) is 6.55. The molecule has 2 aliphatic rings. The molecule has 0 bridgehead atoms. The van der Waals surface area contributed by atoms with Crippen LogP contribution in [0.5, 0.6) is 0 Å². The Morgan fingerprint density at radius 3 is 2.96 bits per heavy atom. The number of thiophene rings is 1. The molecule has 6 heteroatoms. The van der Waals surface area contributed by atoms with Crippen LogP contribution >= 0.6 is 11.3 Å². The van der Waals surface area contributed by atoms with Crippen molar-refractivity contribution in [1.82, 2.24) is 15.0 Å². The molecule has 0 spiro atoms. The quantitative estimate of drug-likeness (QED) is 0.862. The maximum atomic E-state index is 12.4. The molecule has 5 nitrogen and oxygen atoms in total. The van der Waals surface area contributed by atoms with E-state index in [2.05, 4.69) is 10.1 Å². The summed E-state index contributed by atoms with van der Waals surface area (Å²) in [5.41, 5.74) is 0. The van der Waals surface area contributed by atoms with Crippen molar-refractivity contribution in [2.75, 3.05) is 13.1 Å². The first-order chi connectivity index (χ1) is 11.3. The molecule has 0 aromatic carbocycles. The lowest BCUT2D eigenvalue weighted by atomic mass is 10.1. The van der Waals surface area contributed by atoms with Crippen LogP contribution in [0.15, 0.2) is 22.0 Å². The van der Waals surface area contributed by atoms with Gasteiger partial charge in [-0.05, 0) is 30.7 Å². The van der Waals surface area contributed by atoms with Gasteiger partial charge in [-0.15, -0.1) is 11.3 Å². The summed E-state index contributed by atoms with van der Waals surface area (Å²) in [5, 5.41) is 6.20. The molecule has 1 aliphatic heterocycles. The summed E-state index contributed by atoms with van der Waals surface area (Å²) in [6, 6.07) is 4.01. The Morgan fingerprint density at radius 1 is 1.30 bits per heavy atom. The third-order valence-electron chi connectivity index (χ3n) is 4.97. The average molecular weight is 331 g/mol. The van der Waals surface area contributed by atoms with E-state index < -0.39 is 0 Å². The van der Waals surface area contributed by atoms with Crippen LogP contribution in [0.1, 0.15) is 60.5 Å². The van der Waals surface area contributed by atoms with Crippen LogP contribution in [0.25, 0.3) is 0 Å². The van der Waals surface area contributed by atoms with E-state index in [1.807, 2.05) is 22.4 Å². The molecule has 3 heterocycles. The standard InChI is InChI=1S/C17H21N3O2S/c21-15(10-14-6-3-9-23-14)20-8-7-13(11-20)17-18-16(19-22-17)12-4-1-2-5-12/h3,6,9,12-13H,1-2,4-5,7-8,10-11H2. The molecule has 122 valence electrons. The van der Waals surface area contributed by atoms with Gasteiger partial charge in [0.05, 0.1) is 12.3 Å². The second-order valence-corrected chi connectivity index (χ2v) is 7.59. The fraction of sp³-hybridized carbons (Fsp3) is 0.588. The molecule has 1 unspecified atom stereocenters. The number of nitrogens with zero attached hydrogens (tertiary/aromatic N) is 3. The number of hydrogen-bond donors (Lipinski definition) is 0. The Kier molecular flexibility index (Phi) is 4.16. The zero-order valence-corrected chi connectivity index (χ0v) is 13.9. The molecular formula is C17H21N3O2S. The fourth-order valence-corrected chi connectivity index (χ4v) is 4.32. The Hall–Kier alpha value is -1.69. The van der Waals surface area contributed by atoms with Crippen molar-refractivity contribution in [3.05, 3.63) is 34.1 Å². The largest absolute Gasteiger partial charge is 0.342 e. The van der Waals surface area contributed by atoms with Crippen molar-refractivity contribution in [3.63, 3.8) is 0 Å². The summed E-state index contributed by atoms with van der Waals surface area (Å²) in [4.78, 5) is 20.1. The molecular weight excluding hydrogens is 310 g/mol. The van der Waals surface area contributed by atoms with Crippen LogP contribution in [-0.4, -0.2) is 34.0 Å². The van der Waals surface area contributed by atoms with Crippen molar-refractivity contribution in [2.45, 2.75) is 50.4 Å². The first-order valence-corrected chi connectivity index (χ1v) is 9.31. The lowest BCUT2D eigenvalue weighted by Gasteiger charge is -2.15. The van der Waals surface area contributed by atoms with Gasteiger partial charge in [-0.3, -0.25) is 4.79 Å². The van der Waals surface area contributed by atoms with Gasteiger partial charge >= 0.3 is 0 Å². The lowest BCUT2D eigenvalue weighted by Crippen LogP contribution is -2.29. The molecule has 1 saturated heterocycles. The van der Waals surface area contributed by atoms with E-state index in [1.54, 1.807) is 11.3 Å². The first kappa shape index (κ1) is 14.9. The van der Waals surface area contributed by atoms with E-state index in [0.717, 1.165) is 29.6 Å². The van der Waals surface area contributed by atoms with Crippen LogP contribution in [0.3, 0.4) is 0 Å². The smallest absolute Gasteiger partial charge is 0.231 e. The lowest BCUT2D eigenvalue weighted by molar-refractivity contribution is -0.129. The highest BCUT2D eigenvalue weighted by molar-refractivity contribution is 7.10. The third-order valence-corrected chi connectivity index (χ3v) is 5.85. The van der Waals surface area contributed by atoms with E-state index in [4.69, 9.17) is 4.52 Å². The Morgan fingerprint density at radius 2 is 2.17 bits per heavy atom. The normalized spacial score (nSPS) is 22.1. The molecule has 2 fully saturated rings. The highest BCUT2D eigenvalue weighted by atomic mass is 32.1.